The largest absolute Gasteiger partial charge is 0.495 e. The minimum absolute atomic E-state index is 0.0775. The van der Waals surface area contributed by atoms with E-state index in [1.807, 2.05) is 22.8 Å². The third-order valence-corrected chi connectivity index (χ3v) is 18.9. The highest BCUT2D eigenvalue weighted by Gasteiger charge is 2.47. The van der Waals surface area contributed by atoms with Gasteiger partial charge in [-0.1, -0.05) is 71.9 Å². The second kappa shape index (κ2) is 11.8. The molecule has 1 saturated heterocycles. The van der Waals surface area contributed by atoms with Crippen molar-refractivity contribution in [3.05, 3.63) is 49.1 Å². The molecule has 1 fully saturated rings. The summed E-state index contributed by atoms with van der Waals surface area (Å²) in [5.74, 6) is 1.33. The molecule has 1 N–H and O–H groups in total. The summed E-state index contributed by atoms with van der Waals surface area (Å²) in [6, 6.07) is 12.2. The molecule has 0 unspecified atom stereocenters. The van der Waals surface area contributed by atoms with Gasteiger partial charge in [-0.25, -0.2) is 15.0 Å². The third-order valence-electron chi connectivity index (χ3n) is 9.87. The van der Waals surface area contributed by atoms with Gasteiger partial charge in [0.25, 0.3) is 0 Å². The highest BCUT2D eigenvalue weighted by Crippen LogP contribution is 2.43. The summed E-state index contributed by atoms with van der Waals surface area (Å²) in [6.45, 7) is 23.3. The van der Waals surface area contributed by atoms with E-state index in [4.69, 9.17) is 23.3 Å². The molecule has 0 saturated carbocycles. The maximum Gasteiger partial charge on any atom is 0.192 e. The summed E-state index contributed by atoms with van der Waals surface area (Å²) < 4.78 is 28.2. The number of hydrogen-bond donors (Lipinski definition) is 1. The van der Waals surface area contributed by atoms with Gasteiger partial charge in [-0.05, 0) is 47.7 Å². The molecule has 5 rings (SSSR count). The summed E-state index contributed by atoms with van der Waals surface area (Å²) in [7, 11) is -2.38. The minimum atomic E-state index is -2.07. The Bertz CT molecular complexity index is 1630. The van der Waals surface area contributed by atoms with Gasteiger partial charge in [0.05, 0.1) is 31.8 Å². The first-order chi connectivity index (χ1) is 20.5. The monoisotopic (exact) mass is 635 g/mol. The maximum atomic E-state index is 6.99. The van der Waals surface area contributed by atoms with Crippen LogP contribution in [0.3, 0.4) is 0 Å². The number of rotatable bonds is 9. The van der Waals surface area contributed by atoms with Gasteiger partial charge in [0.2, 0.25) is 0 Å². The number of benzene rings is 2. The van der Waals surface area contributed by atoms with Gasteiger partial charge in [0.15, 0.2) is 33.6 Å². The molecule has 4 aromatic rings. The molecule has 44 heavy (non-hydrogen) atoms. The van der Waals surface area contributed by atoms with Crippen LogP contribution < -0.4 is 10.1 Å². The van der Waals surface area contributed by atoms with Crippen molar-refractivity contribution in [1.29, 1.82) is 0 Å². The molecule has 0 spiro atoms. The molecule has 2 aromatic carbocycles. The zero-order chi connectivity index (χ0) is 32.1. The summed E-state index contributed by atoms with van der Waals surface area (Å²) in [5, 5.41) is 5.82. The number of ether oxygens (including phenoxy) is 2. The Kier molecular flexibility index (Phi) is 8.75. The van der Waals surface area contributed by atoms with E-state index in [1.165, 1.54) is 0 Å². The van der Waals surface area contributed by atoms with Crippen LogP contribution in [0.25, 0.3) is 21.9 Å². The van der Waals surface area contributed by atoms with Crippen LogP contribution in [-0.4, -0.2) is 62.1 Å². The smallest absolute Gasteiger partial charge is 0.192 e. The van der Waals surface area contributed by atoms with Crippen LogP contribution in [0.1, 0.15) is 54.2 Å². The first kappa shape index (κ1) is 32.6. The number of hydrogen-bond acceptors (Lipinski definition) is 8. The third kappa shape index (κ3) is 6.30. The van der Waals surface area contributed by atoms with Crippen molar-refractivity contribution in [3.8, 4) is 5.75 Å². The van der Waals surface area contributed by atoms with Crippen molar-refractivity contribution in [1.82, 2.24) is 19.5 Å². The average molecular weight is 636 g/mol. The molecule has 238 valence electrons. The SMILES string of the molecule is COc1ccc2ccccc2c1Nc1ncnc2c1ncn2[C@H]1C[C@H](O[Si](C)(C)C(C)(C)C)[C@@H](CO[Si](C)(C)C(C)(C)C)O1. The molecule has 9 nitrogen and oxygen atoms in total. The molecule has 0 radical (unpaired) electrons. The number of nitrogens with one attached hydrogen (secondary N) is 1. The number of nitrogens with zero attached hydrogens (tertiary/aromatic N) is 4. The molecule has 1 aliphatic rings. The zero-order valence-corrected chi connectivity index (χ0v) is 30.2. The van der Waals surface area contributed by atoms with Crippen LogP contribution >= 0.6 is 0 Å². The van der Waals surface area contributed by atoms with Gasteiger partial charge in [-0.15, -0.1) is 0 Å². The summed E-state index contributed by atoms with van der Waals surface area (Å²) in [6.07, 6.45) is 3.47. The summed E-state index contributed by atoms with van der Waals surface area (Å²) in [4.78, 5) is 14.0. The van der Waals surface area contributed by atoms with Crippen LogP contribution in [-0.2, 0) is 13.6 Å². The first-order valence-electron chi connectivity index (χ1n) is 15.5. The molecule has 11 heteroatoms. The Morgan fingerprint density at radius 1 is 0.932 bits per heavy atom. The van der Waals surface area contributed by atoms with Crippen LogP contribution in [0.4, 0.5) is 11.5 Å². The van der Waals surface area contributed by atoms with E-state index in [9.17, 15) is 0 Å². The fourth-order valence-corrected chi connectivity index (χ4v) is 7.40. The fraction of sp³-hybridized carbons (Fsp3) is 0.545. The maximum absolute atomic E-state index is 6.99. The van der Waals surface area contributed by atoms with Crippen molar-refractivity contribution in [2.24, 2.45) is 0 Å². The van der Waals surface area contributed by atoms with Crippen LogP contribution in [0.15, 0.2) is 49.1 Å². The molecule has 2 aromatic heterocycles. The molecular formula is C33H49N5O4Si2. The quantitative estimate of drug-likeness (QED) is 0.183. The van der Waals surface area contributed by atoms with Crippen LogP contribution in [0.5, 0.6) is 5.75 Å². The van der Waals surface area contributed by atoms with E-state index in [0.717, 1.165) is 22.2 Å². The first-order valence-corrected chi connectivity index (χ1v) is 21.3. The second-order valence-corrected chi connectivity index (χ2v) is 24.5. The Balaban J connectivity index is 1.46. The second-order valence-electron chi connectivity index (χ2n) is 14.9. The molecule has 3 heterocycles. The van der Waals surface area contributed by atoms with E-state index in [1.54, 1.807) is 19.8 Å². The molecule has 3 atom stereocenters. The zero-order valence-electron chi connectivity index (χ0n) is 28.2. The number of imidazole rings is 1. The number of anilines is 2. The van der Waals surface area contributed by atoms with Crippen molar-refractivity contribution in [3.63, 3.8) is 0 Å². The lowest BCUT2D eigenvalue weighted by molar-refractivity contribution is -0.0383. The topological polar surface area (TPSA) is 92.6 Å². The van der Waals surface area contributed by atoms with E-state index >= 15 is 0 Å². The highest BCUT2D eigenvalue weighted by molar-refractivity contribution is 6.74. The summed E-state index contributed by atoms with van der Waals surface area (Å²) >= 11 is 0. The van der Waals surface area contributed by atoms with Crippen LogP contribution in [0.2, 0.25) is 36.3 Å². The highest BCUT2D eigenvalue weighted by atomic mass is 28.4. The lowest BCUT2D eigenvalue weighted by Gasteiger charge is -2.40. The fourth-order valence-electron chi connectivity index (χ4n) is 5.03. The van der Waals surface area contributed by atoms with Gasteiger partial charge < -0.3 is 23.6 Å². The van der Waals surface area contributed by atoms with Crippen LogP contribution in [0, 0.1) is 0 Å². The normalized spacial score (nSPS) is 20.0. The van der Waals surface area contributed by atoms with Gasteiger partial charge in [-0.3, -0.25) is 4.57 Å². The van der Waals surface area contributed by atoms with Gasteiger partial charge in [-0.2, -0.15) is 0 Å². The average Bonchev–Trinajstić information content (AvgIpc) is 3.55. The Labute approximate surface area is 264 Å². The standard InChI is InChI=1S/C33H49N5O4Si2/c1-32(2,3)43(8,9)40-19-26-25(42-44(10,11)33(4,5)6)18-27(41-26)38-21-36-29-30(34-20-35-31(29)38)37-28-23-15-13-12-14-22(23)16-17-24(28)39-7/h12-17,20-21,25-27H,18-19H2,1-11H3,(H,34,35,37)/t25-,26+,27+/m0/s1. The van der Waals surface area contributed by atoms with Gasteiger partial charge >= 0.3 is 0 Å². The van der Waals surface area contributed by atoms with Crippen molar-refractivity contribution in [2.45, 2.75) is 103 Å². The number of aromatic nitrogens is 4. The van der Waals surface area contributed by atoms with E-state index in [0.29, 0.717) is 30.0 Å². The van der Waals surface area contributed by atoms with E-state index < -0.39 is 16.6 Å². The lowest BCUT2D eigenvalue weighted by Crippen LogP contribution is -2.48. The molecular weight excluding hydrogens is 587 g/mol. The Hall–Kier alpha value is -2.84. The summed E-state index contributed by atoms with van der Waals surface area (Å²) in [5.41, 5.74) is 2.20. The predicted octanol–water partition coefficient (Wildman–Crippen LogP) is 8.43. The van der Waals surface area contributed by atoms with Gasteiger partial charge in [0.1, 0.15) is 24.4 Å². The Morgan fingerprint density at radius 3 is 2.32 bits per heavy atom. The van der Waals surface area contributed by atoms with E-state index in [2.05, 4.69) is 101 Å². The number of methoxy groups -OCH3 is 1. The predicted molar refractivity (Wildman–Crippen MR) is 183 cm³/mol. The Morgan fingerprint density at radius 2 is 1.64 bits per heavy atom. The lowest BCUT2D eigenvalue weighted by atomic mass is 10.1. The van der Waals surface area contributed by atoms with Gasteiger partial charge in [0, 0.05) is 11.8 Å². The van der Waals surface area contributed by atoms with E-state index in [-0.39, 0.29) is 28.5 Å². The molecule has 0 bridgehead atoms. The van der Waals surface area contributed by atoms with Crippen molar-refractivity contribution in [2.75, 3.05) is 19.0 Å². The van der Waals surface area contributed by atoms with Crippen molar-refractivity contribution >= 4 is 50.1 Å². The molecule has 1 aliphatic heterocycles. The number of fused-ring (bicyclic) bond motifs is 2. The minimum Gasteiger partial charge on any atom is -0.495 e. The molecule has 0 aliphatic carbocycles. The molecule has 0 amide bonds. The van der Waals surface area contributed by atoms with Crippen molar-refractivity contribution < 1.29 is 18.3 Å².